The standard InChI is InChI=1S/C45H61N8O5SSi/c1-9-52-36-13-12-29-19-31(36)33(40(52)32-20-30(23-46-39(32)28(4)57-8)51-17-15-50(7)16-18-51)21-44(5,6)25-58-42(55)34-11-10-14-53(49-34)43(56)45(60,22-37-47-35(29)24-59-37)48-41(54)38-26(2)27(38)3/h12-13,19-20,23-24,26-28,34,38,42,49,55H,9-11,14-18,21-22,25H2,1-8H3,(H,48,54)/t26-,27+,28-,34-,38?,42?,45?/m0/s1. The normalized spacial score (nSPS) is 28.1. The molecule has 3 N–H and O–H groups in total. The van der Waals surface area contributed by atoms with Crippen molar-refractivity contribution in [3.8, 4) is 22.5 Å². The molecule has 3 aromatic heterocycles. The van der Waals surface area contributed by atoms with Gasteiger partial charge in [0.2, 0.25) is 5.91 Å². The maximum Gasteiger partial charge on any atom is 0.258 e. The van der Waals surface area contributed by atoms with E-state index in [2.05, 4.69) is 108 Å². The Labute approximate surface area is 361 Å². The maximum atomic E-state index is 14.5. The number of aliphatic hydroxyl groups excluding tert-OH is 1. The van der Waals surface area contributed by atoms with Crippen LogP contribution < -0.4 is 15.6 Å². The average molecular weight is 854 g/mol. The van der Waals surface area contributed by atoms with E-state index in [1.54, 1.807) is 7.11 Å². The van der Waals surface area contributed by atoms with Crippen LogP contribution in [-0.2, 0) is 38.4 Å². The number of piperazine rings is 1. The molecule has 7 atom stereocenters. The summed E-state index contributed by atoms with van der Waals surface area (Å²) in [6.07, 6.45) is 2.65. The Kier molecular flexibility index (Phi) is 12.1. The fourth-order valence-electron chi connectivity index (χ4n) is 9.44. The highest BCUT2D eigenvalue weighted by Gasteiger charge is 2.51. The molecular formula is C45H61N8O5SSi. The molecule has 4 aromatic rings. The molecule has 60 heavy (non-hydrogen) atoms. The highest BCUT2D eigenvalue weighted by molar-refractivity contribution is 7.10. The summed E-state index contributed by atoms with van der Waals surface area (Å²) >= 11 is 1.48. The van der Waals surface area contributed by atoms with Gasteiger partial charge in [-0.25, -0.2) is 10.4 Å². The Balaban J connectivity index is 1.27. The third-order valence-corrected chi connectivity index (χ3v) is 14.8. The number of rotatable bonds is 7. The second kappa shape index (κ2) is 16.9. The molecule has 8 rings (SSSR count). The summed E-state index contributed by atoms with van der Waals surface area (Å²) in [5, 5.41) is 18.6. The number of benzene rings is 1. The van der Waals surface area contributed by atoms with E-state index < -0.39 is 22.9 Å². The predicted octanol–water partition coefficient (Wildman–Crippen LogP) is 5.14. The van der Waals surface area contributed by atoms with Gasteiger partial charge in [-0.1, -0.05) is 33.8 Å². The largest absolute Gasteiger partial charge is 0.375 e. The van der Waals surface area contributed by atoms with Gasteiger partial charge < -0.3 is 34.3 Å². The number of aliphatic hydroxyl groups is 1. The van der Waals surface area contributed by atoms with Crippen LogP contribution in [0.3, 0.4) is 0 Å². The van der Waals surface area contributed by atoms with Crippen molar-refractivity contribution in [1.29, 1.82) is 0 Å². The Hall–Kier alpha value is -3.70. The molecule has 1 saturated carbocycles. The summed E-state index contributed by atoms with van der Waals surface area (Å²) < 4.78 is 14.7. The first-order valence-corrected chi connectivity index (χ1v) is 23.0. The van der Waals surface area contributed by atoms with Crippen LogP contribution in [0.15, 0.2) is 35.8 Å². The lowest BCUT2D eigenvalue weighted by Crippen LogP contribution is -2.67. The van der Waals surface area contributed by atoms with Crippen LogP contribution in [0.4, 0.5) is 5.69 Å². The molecule has 6 heterocycles. The van der Waals surface area contributed by atoms with E-state index >= 15 is 0 Å². The van der Waals surface area contributed by atoms with Crippen LogP contribution in [-0.4, -0.2) is 123 Å². The zero-order chi connectivity index (χ0) is 42.7. The minimum absolute atomic E-state index is 0.145. The average Bonchev–Trinajstić information content (AvgIpc) is 3.50. The van der Waals surface area contributed by atoms with Crippen LogP contribution in [0.1, 0.15) is 76.8 Å². The third kappa shape index (κ3) is 8.30. The van der Waals surface area contributed by atoms with E-state index in [-0.39, 0.29) is 48.7 Å². The number of carbonyl (C=O) groups excluding carboxylic acids is 2. The summed E-state index contributed by atoms with van der Waals surface area (Å²) in [5.74, 6) is -0.170. The Morgan fingerprint density at radius 2 is 1.90 bits per heavy atom. The van der Waals surface area contributed by atoms with Crippen molar-refractivity contribution in [1.82, 2.24) is 35.2 Å². The Morgan fingerprint density at radius 3 is 2.60 bits per heavy atom. The lowest BCUT2D eigenvalue weighted by molar-refractivity contribution is -0.165. The number of fused-ring (bicyclic) bond motifs is 6. The number of nitrogens with one attached hydrogen (secondary N) is 2. The second-order valence-electron chi connectivity index (χ2n) is 18.4. The number of hydrazine groups is 1. The van der Waals surface area contributed by atoms with Gasteiger partial charge in [0.1, 0.15) is 5.16 Å². The first kappa shape index (κ1) is 43.0. The SMILES string of the molecule is CCn1c(-c2cc(N3CCN(C)CC3)cnc2[C@H](C)OC)c2c3cc(ccc31)-c1csc(n1)CC([Si])(NC(=O)C1[C@@H](C)[C@H]1C)C(=O)N1CCC[C@H](N1)C(O)OCC(C)(C)C2. The lowest BCUT2D eigenvalue weighted by atomic mass is 9.84. The van der Waals surface area contributed by atoms with Crippen molar-refractivity contribution < 1.29 is 24.2 Å². The molecule has 4 aliphatic rings. The van der Waals surface area contributed by atoms with Gasteiger partial charge in [0.25, 0.3) is 5.91 Å². The molecule has 3 unspecified atom stereocenters. The van der Waals surface area contributed by atoms with E-state index in [1.165, 1.54) is 21.9 Å². The summed E-state index contributed by atoms with van der Waals surface area (Å²) in [6.45, 7) is 18.0. The summed E-state index contributed by atoms with van der Waals surface area (Å²) in [4.78, 5) is 43.2. The summed E-state index contributed by atoms with van der Waals surface area (Å²) in [5.41, 5.74) is 11.0. The highest BCUT2D eigenvalue weighted by Crippen LogP contribution is 2.46. The smallest absolute Gasteiger partial charge is 0.258 e. The molecule has 3 fully saturated rings. The van der Waals surface area contributed by atoms with Gasteiger partial charge in [0, 0.05) is 86.1 Å². The van der Waals surface area contributed by atoms with E-state index in [4.69, 9.17) is 19.4 Å². The number of carbonyl (C=O) groups is 2. The monoisotopic (exact) mass is 853 g/mol. The van der Waals surface area contributed by atoms with Gasteiger partial charge in [-0.3, -0.25) is 19.6 Å². The molecule has 3 radical (unpaired) electrons. The number of nitrogens with zero attached hydrogens (tertiary/aromatic N) is 6. The second-order valence-corrected chi connectivity index (χ2v) is 20.2. The molecule has 2 amide bonds. The fraction of sp³-hybridized carbons (Fsp3) is 0.600. The molecule has 0 spiro atoms. The maximum absolute atomic E-state index is 14.5. The number of amides is 2. The van der Waals surface area contributed by atoms with E-state index in [9.17, 15) is 14.7 Å². The molecule has 1 aromatic carbocycles. The summed E-state index contributed by atoms with van der Waals surface area (Å²) in [6, 6.07) is 8.35. The first-order chi connectivity index (χ1) is 28.6. The number of ether oxygens (including phenoxy) is 2. The van der Waals surface area contributed by atoms with Crippen molar-refractivity contribution >= 4 is 50.0 Å². The van der Waals surface area contributed by atoms with Gasteiger partial charge >= 0.3 is 0 Å². The van der Waals surface area contributed by atoms with Crippen molar-refractivity contribution in [3.05, 3.63) is 52.1 Å². The minimum Gasteiger partial charge on any atom is -0.375 e. The van der Waals surface area contributed by atoms with Gasteiger partial charge in [0.15, 0.2) is 6.29 Å². The number of aryl methyl sites for hydroxylation is 1. The number of methoxy groups -OCH3 is 1. The first-order valence-electron chi connectivity index (χ1n) is 21.6. The number of aromatic nitrogens is 3. The van der Waals surface area contributed by atoms with Crippen molar-refractivity contribution in [2.24, 2.45) is 23.2 Å². The molecule has 2 saturated heterocycles. The third-order valence-electron chi connectivity index (χ3n) is 13.4. The number of anilines is 1. The zero-order valence-electron chi connectivity index (χ0n) is 36.4. The fourth-order valence-corrected chi connectivity index (χ4v) is 10.9. The molecule has 321 valence electrons. The van der Waals surface area contributed by atoms with Crippen LogP contribution >= 0.6 is 11.3 Å². The van der Waals surface area contributed by atoms with Gasteiger partial charge in [0.05, 0.1) is 63.0 Å². The molecule has 15 heteroatoms. The lowest BCUT2D eigenvalue weighted by Gasteiger charge is -2.41. The van der Waals surface area contributed by atoms with Gasteiger partial charge in [-0.2, -0.15) is 0 Å². The van der Waals surface area contributed by atoms with Crippen molar-refractivity contribution in [3.63, 3.8) is 0 Å². The number of likely N-dealkylation sites (N-methyl/N-ethyl adjacent to an activating group) is 1. The van der Waals surface area contributed by atoms with E-state index in [0.29, 0.717) is 30.8 Å². The van der Waals surface area contributed by atoms with Crippen molar-refractivity contribution in [2.45, 2.75) is 97.4 Å². The number of thiazole rings is 1. The number of pyridine rings is 1. The van der Waals surface area contributed by atoms with E-state index in [0.717, 1.165) is 77.5 Å². The minimum atomic E-state index is -1.46. The number of hydrogen-bond acceptors (Lipinski definition) is 11. The topological polar surface area (TPSA) is 137 Å². The van der Waals surface area contributed by atoms with Gasteiger partial charge in [-0.15, -0.1) is 11.3 Å². The molecule has 1 aliphatic carbocycles. The quantitative estimate of drug-likeness (QED) is 0.215. The van der Waals surface area contributed by atoms with Crippen LogP contribution in [0, 0.1) is 23.2 Å². The summed E-state index contributed by atoms with van der Waals surface area (Å²) in [7, 11) is 7.74. The Bertz CT molecular complexity index is 2230. The molecule has 3 aliphatic heterocycles. The predicted molar refractivity (Wildman–Crippen MR) is 237 cm³/mol. The highest BCUT2D eigenvalue weighted by atomic mass is 32.1. The molecular weight excluding hydrogens is 793 g/mol. The van der Waals surface area contributed by atoms with E-state index in [1.807, 2.05) is 11.6 Å². The van der Waals surface area contributed by atoms with Crippen LogP contribution in [0.5, 0.6) is 0 Å². The van der Waals surface area contributed by atoms with Crippen LogP contribution in [0.2, 0.25) is 0 Å². The van der Waals surface area contributed by atoms with Gasteiger partial charge in [-0.05, 0) is 81.2 Å². The van der Waals surface area contributed by atoms with Crippen LogP contribution in [0.25, 0.3) is 33.4 Å². The molecule has 13 nitrogen and oxygen atoms in total. The van der Waals surface area contributed by atoms with Crippen molar-refractivity contribution in [2.75, 3.05) is 58.4 Å². The Morgan fingerprint density at radius 1 is 1.15 bits per heavy atom. The number of hydrogen-bond donors (Lipinski definition) is 3. The molecule has 6 bridgehead atoms. The zero-order valence-corrected chi connectivity index (χ0v) is 38.2.